The molecule has 0 aliphatic heterocycles. The summed E-state index contributed by atoms with van der Waals surface area (Å²) >= 11 is 3.09. The van der Waals surface area contributed by atoms with Crippen LogP contribution in [0.3, 0.4) is 0 Å². The lowest BCUT2D eigenvalue weighted by atomic mass is 10.1. The molecule has 6 heteroatoms. The number of aromatic nitrogens is 2. The molecule has 0 amide bonds. The van der Waals surface area contributed by atoms with Crippen molar-refractivity contribution in [2.45, 2.75) is 6.54 Å². The minimum atomic E-state index is -0.286. The molecule has 0 saturated heterocycles. The monoisotopic (exact) mass is 322 g/mol. The first-order valence-electron chi connectivity index (χ1n) is 5.49. The molecule has 0 unspecified atom stereocenters. The fourth-order valence-electron chi connectivity index (χ4n) is 1.58. The van der Waals surface area contributed by atoms with E-state index in [4.69, 9.17) is 4.74 Å². The molecule has 0 N–H and O–H groups in total. The van der Waals surface area contributed by atoms with Crippen molar-refractivity contribution in [3.05, 3.63) is 57.2 Å². The number of rotatable bonds is 4. The van der Waals surface area contributed by atoms with Crippen LogP contribution in [0.5, 0.6) is 5.75 Å². The fourth-order valence-corrected chi connectivity index (χ4v) is 1.93. The van der Waals surface area contributed by atoms with Crippen LogP contribution in [0, 0.1) is 0 Å². The second-order valence-corrected chi connectivity index (χ2v) is 4.68. The van der Waals surface area contributed by atoms with Gasteiger partial charge in [0.15, 0.2) is 5.78 Å². The average molecular weight is 323 g/mol. The summed E-state index contributed by atoms with van der Waals surface area (Å²) in [6, 6.07) is 6.80. The third kappa shape index (κ3) is 3.08. The molecule has 0 aliphatic rings. The summed E-state index contributed by atoms with van der Waals surface area (Å²) in [6.07, 6.45) is 2.74. The predicted molar refractivity (Wildman–Crippen MR) is 73.5 cm³/mol. The number of hydrogen-bond acceptors (Lipinski definition) is 4. The summed E-state index contributed by atoms with van der Waals surface area (Å²) in [7, 11) is 1.53. The molecule has 0 radical (unpaired) electrons. The first kappa shape index (κ1) is 13.5. The third-order valence-electron chi connectivity index (χ3n) is 2.56. The molecular weight excluding hydrogens is 312 g/mol. The lowest BCUT2D eigenvalue weighted by molar-refractivity contribution is 0.0970. The molecule has 0 fully saturated rings. The zero-order chi connectivity index (χ0) is 13.8. The number of benzene rings is 1. The Labute approximate surface area is 118 Å². The van der Waals surface area contributed by atoms with Gasteiger partial charge in [0.1, 0.15) is 10.2 Å². The van der Waals surface area contributed by atoms with Crippen LogP contribution in [0.15, 0.2) is 46.1 Å². The van der Waals surface area contributed by atoms with E-state index < -0.39 is 0 Å². The zero-order valence-corrected chi connectivity index (χ0v) is 11.8. The molecule has 2 aromatic rings. The molecule has 0 saturated carbocycles. The van der Waals surface area contributed by atoms with Crippen molar-refractivity contribution < 1.29 is 9.53 Å². The van der Waals surface area contributed by atoms with E-state index >= 15 is 0 Å². The van der Waals surface area contributed by atoms with Crippen molar-refractivity contribution in [1.82, 2.24) is 9.55 Å². The van der Waals surface area contributed by atoms with E-state index in [-0.39, 0.29) is 17.9 Å². The van der Waals surface area contributed by atoms with Crippen LogP contribution < -0.4 is 10.3 Å². The van der Waals surface area contributed by atoms with Gasteiger partial charge in [-0.2, -0.15) is 0 Å². The average Bonchev–Trinajstić information content (AvgIpc) is 2.44. The van der Waals surface area contributed by atoms with Crippen molar-refractivity contribution in [3.63, 3.8) is 0 Å². The summed E-state index contributed by atoms with van der Waals surface area (Å²) < 4.78 is 6.64. The van der Waals surface area contributed by atoms with E-state index in [0.29, 0.717) is 15.8 Å². The molecule has 1 aromatic heterocycles. The maximum atomic E-state index is 12.1. The molecule has 19 heavy (non-hydrogen) atoms. The second kappa shape index (κ2) is 5.79. The highest BCUT2D eigenvalue weighted by molar-refractivity contribution is 9.10. The SMILES string of the molecule is COc1cccc(C(=O)Cn2cncc(Br)c2=O)c1. The summed E-state index contributed by atoms with van der Waals surface area (Å²) in [4.78, 5) is 27.7. The van der Waals surface area contributed by atoms with Gasteiger partial charge in [-0.1, -0.05) is 12.1 Å². The van der Waals surface area contributed by atoms with Gasteiger partial charge in [0.25, 0.3) is 5.56 Å². The van der Waals surface area contributed by atoms with Gasteiger partial charge in [-0.05, 0) is 28.1 Å². The van der Waals surface area contributed by atoms with Gasteiger partial charge in [0.05, 0.1) is 20.0 Å². The van der Waals surface area contributed by atoms with Gasteiger partial charge in [-0.15, -0.1) is 0 Å². The van der Waals surface area contributed by atoms with Crippen molar-refractivity contribution in [2.75, 3.05) is 7.11 Å². The van der Waals surface area contributed by atoms with E-state index in [1.54, 1.807) is 24.3 Å². The molecular formula is C13H11BrN2O3. The summed E-state index contributed by atoms with van der Waals surface area (Å²) in [5.74, 6) is 0.423. The first-order chi connectivity index (χ1) is 9.11. The molecule has 1 aromatic carbocycles. The molecule has 0 atom stereocenters. The van der Waals surface area contributed by atoms with E-state index in [0.717, 1.165) is 0 Å². The van der Waals surface area contributed by atoms with Crippen molar-refractivity contribution in [2.24, 2.45) is 0 Å². The minimum Gasteiger partial charge on any atom is -0.497 e. The quantitative estimate of drug-likeness (QED) is 0.806. The fraction of sp³-hybridized carbons (Fsp3) is 0.154. The Hall–Kier alpha value is -1.95. The van der Waals surface area contributed by atoms with Crippen LogP contribution in [0.1, 0.15) is 10.4 Å². The maximum Gasteiger partial charge on any atom is 0.268 e. The number of methoxy groups -OCH3 is 1. The van der Waals surface area contributed by atoms with Crippen LogP contribution in [-0.2, 0) is 6.54 Å². The summed E-state index contributed by atoms with van der Waals surface area (Å²) in [6.45, 7) is -0.0571. The van der Waals surface area contributed by atoms with Gasteiger partial charge in [0, 0.05) is 11.8 Å². The van der Waals surface area contributed by atoms with Gasteiger partial charge in [-0.25, -0.2) is 4.98 Å². The number of hydrogen-bond donors (Lipinski definition) is 0. The van der Waals surface area contributed by atoms with Crippen LogP contribution in [0.2, 0.25) is 0 Å². The Balaban J connectivity index is 2.25. The molecule has 5 nitrogen and oxygen atoms in total. The second-order valence-electron chi connectivity index (χ2n) is 3.83. The molecule has 0 bridgehead atoms. The third-order valence-corrected chi connectivity index (χ3v) is 3.11. The van der Waals surface area contributed by atoms with E-state index in [1.165, 1.54) is 24.2 Å². The van der Waals surface area contributed by atoms with Crippen molar-refractivity contribution >= 4 is 21.7 Å². The van der Waals surface area contributed by atoms with E-state index in [9.17, 15) is 9.59 Å². The number of ketones is 1. The highest BCUT2D eigenvalue weighted by Crippen LogP contribution is 2.13. The number of Topliss-reactive ketones (excluding diaryl/α,β-unsaturated/α-hetero) is 1. The number of nitrogens with zero attached hydrogens (tertiary/aromatic N) is 2. The summed E-state index contributed by atoms with van der Waals surface area (Å²) in [5.41, 5.74) is 0.206. The molecule has 2 rings (SSSR count). The summed E-state index contributed by atoms with van der Waals surface area (Å²) in [5, 5.41) is 0. The predicted octanol–water partition coefficient (Wildman–Crippen LogP) is 1.90. The molecule has 98 valence electrons. The van der Waals surface area contributed by atoms with Crippen molar-refractivity contribution in [1.29, 1.82) is 0 Å². The van der Waals surface area contributed by atoms with Gasteiger partial charge in [-0.3, -0.25) is 14.2 Å². The number of carbonyl (C=O) groups is 1. The molecule has 1 heterocycles. The Kier molecular flexibility index (Phi) is 4.11. The zero-order valence-electron chi connectivity index (χ0n) is 10.2. The first-order valence-corrected chi connectivity index (χ1v) is 6.28. The Morgan fingerprint density at radius 1 is 1.47 bits per heavy atom. The van der Waals surface area contributed by atoms with E-state index in [1.807, 2.05) is 0 Å². The highest BCUT2D eigenvalue weighted by Gasteiger charge is 2.10. The van der Waals surface area contributed by atoms with Crippen LogP contribution in [-0.4, -0.2) is 22.4 Å². The van der Waals surface area contributed by atoms with E-state index in [2.05, 4.69) is 20.9 Å². The lowest BCUT2D eigenvalue weighted by Gasteiger charge is -2.06. The van der Waals surface area contributed by atoms with Gasteiger partial charge in [0.2, 0.25) is 0 Å². The van der Waals surface area contributed by atoms with Gasteiger partial charge < -0.3 is 4.74 Å². The standard InChI is InChI=1S/C13H11BrN2O3/c1-19-10-4-2-3-9(5-10)12(17)7-16-8-15-6-11(14)13(16)18/h2-6,8H,7H2,1H3. The molecule has 0 aliphatic carbocycles. The number of ether oxygens (including phenoxy) is 1. The molecule has 0 spiro atoms. The van der Waals surface area contributed by atoms with Crippen LogP contribution in [0.4, 0.5) is 0 Å². The topological polar surface area (TPSA) is 61.2 Å². The number of halogens is 1. The lowest BCUT2D eigenvalue weighted by Crippen LogP contribution is -2.24. The van der Waals surface area contributed by atoms with Gasteiger partial charge >= 0.3 is 0 Å². The number of carbonyl (C=O) groups excluding carboxylic acids is 1. The Morgan fingerprint density at radius 2 is 2.26 bits per heavy atom. The smallest absolute Gasteiger partial charge is 0.268 e. The Bertz CT molecular complexity index is 667. The van der Waals surface area contributed by atoms with Crippen molar-refractivity contribution in [3.8, 4) is 5.75 Å². The van der Waals surface area contributed by atoms with Crippen LogP contribution >= 0.6 is 15.9 Å². The Morgan fingerprint density at radius 3 is 3.00 bits per heavy atom. The van der Waals surface area contributed by atoms with Crippen LogP contribution in [0.25, 0.3) is 0 Å². The maximum absolute atomic E-state index is 12.1. The largest absolute Gasteiger partial charge is 0.497 e. The highest BCUT2D eigenvalue weighted by atomic mass is 79.9. The normalized spacial score (nSPS) is 10.2. The minimum absolute atomic E-state index is 0.0571.